The number of carbonyl (C=O) groups excluding carboxylic acids is 1. The molecule has 0 saturated carbocycles. The van der Waals surface area contributed by atoms with E-state index in [1.165, 1.54) is 6.20 Å². The summed E-state index contributed by atoms with van der Waals surface area (Å²) in [5.74, 6) is 0. The number of carbonyl (C=O) groups is 1. The van der Waals surface area contributed by atoms with Crippen LogP contribution in [0.1, 0.15) is 6.42 Å². The quantitative estimate of drug-likeness (QED) is 0.682. The third-order valence-electron chi connectivity index (χ3n) is 2.36. The molecule has 1 unspecified atom stereocenters. The first-order chi connectivity index (χ1) is 7.75. The molecule has 1 aromatic rings. The first-order valence-corrected chi connectivity index (χ1v) is 5.10. The van der Waals surface area contributed by atoms with Crippen LogP contribution in [0.3, 0.4) is 0 Å². The summed E-state index contributed by atoms with van der Waals surface area (Å²) in [5.41, 5.74) is 6.65. The van der Waals surface area contributed by atoms with Crippen molar-refractivity contribution in [2.45, 2.75) is 12.5 Å². The summed E-state index contributed by atoms with van der Waals surface area (Å²) in [6.45, 7) is 1.27. The molecule has 0 spiro atoms. The van der Waals surface area contributed by atoms with Crippen molar-refractivity contribution in [3.8, 4) is 0 Å². The third kappa shape index (κ3) is 2.60. The molecular formula is C10H14N4O2. The highest BCUT2D eigenvalue weighted by Crippen LogP contribution is 2.15. The number of pyridine rings is 1. The van der Waals surface area contributed by atoms with Crippen LogP contribution >= 0.6 is 0 Å². The Morgan fingerprint density at radius 1 is 1.62 bits per heavy atom. The third-order valence-corrected chi connectivity index (χ3v) is 2.36. The second-order valence-corrected chi connectivity index (χ2v) is 3.62. The number of hydrogen-bond acceptors (Lipinski definition) is 4. The number of amides is 2. The van der Waals surface area contributed by atoms with Crippen LogP contribution in [0.25, 0.3) is 0 Å². The van der Waals surface area contributed by atoms with E-state index in [0.717, 1.165) is 6.42 Å². The van der Waals surface area contributed by atoms with Crippen LogP contribution < -0.4 is 16.4 Å². The molecular weight excluding hydrogens is 208 g/mol. The van der Waals surface area contributed by atoms with E-state index in [0.29, 0.717) is 24.6 Å². The molecule has 16 heavy (non-hydrogen) atoms. The number of nitrogen functional groups attached to an aromatic ring is 1. The first-order valence-electron chi connectivity index (χ1n) is 5.10. The van der Waals surface area contributed by atoms with Gasteiger partial charge in [-0.3, -0.25) is 4.98 Å². The topological polar surface area (TPSA) is 89.3 Å². The minimum absolute atomic E-state index is 0.0862. The number of aromatic nitrogens is 1. The van der Waals surface area contributed by atoms with Crippen LogP contribution in [0, 0.1) is 0 Å². The SMILES string of the molecule is Nc1cnccc1NC(=O)NC1CCOC1. The molecule has 0 bridgehead atoms. The Balaban J connectivity index is 1.89. The molecule has 2 rings (SSSR count). The normalized spacial score (nSPS) is 19.4. The predicted molar refractivity (Wildman–Crippen MR) is 60.0 cm³/mol. The van der Waals surface area contributed by atoms with Gasteiger partial charge >= 0.3 is 6.03 Å². The smallest absolute Gasteiger partial charge is 0.319 e. The van der Waals surface area contributed by atoms with Crippen molar-refractivity contribution in [2.24, 2.45) is 0 Å². The molecule has 1 fully saturated rings. The van der Waals surface area contributed by atoms with Crippen LogP contribution in [-0.2, 0) is 4.74 Å². The molecule has 6 nitrogen and oxygen atoms in total. The summed E-state index contributed by atoms with van der Waals surface area (Å²) >= 11 is 0. The Morgan fingerprint density at radius 3 is 3.19 bits per heavy atom. The van der Waals surface area contributed by atoms with Crippen molar-refractivity contribution in [1.29, 1.82) is 0 Å². The fraction of sp³-hybridized carbons (Fsp3) is 0.400. The summed E-state index contributed by atoms with van der Waals surface area (Å²) in [6.07, 6.45) is 3.91. The van der Waals surface area contributed by atoms with E-state index in [9.17, 15) is 4.79 Å². The van der Waals surface area contributed by atoms with E-state index in [2.05, 4.69) is 15.6 Å². The van der Waals surface area contributed by atoms with Gasteiger partial charge in [0.05, 0.1) is 30.2 Å². The molecule has 1 aliphatic rings. The van der Waals surface area contributed by atoms with Gasteiger partial charge < -0.3 is 21.1 Å². The average molecular weight is 222 g/mol. The lowest BCUT2D eigenvalue weighted by Crippen LogP contribution is -2.38. The van der Waals surface area contributed by atoms with E-state index in [1.54, 1.807) is 12.3 Å². The average Bonchev–Trinajstić information content (AvgIpc) is 2.74. The molecule has 1 atom stereocenters. The van der Waals surface area contributed by atoms with Gasteiger partial charge in [-0.1, -0.05) is 0 Å². The lowest BCUT2D eigenvalue weighted by atomic mass is 10.3. The number of ether oxygens (including phenoxy) is 1. The number of rotatable bonds is 2. The summed E-state index contributed by atoms with van der Waals surface area (Å²) in [6, 6.07) is 1.47. The van der Waals surface area contributed by atoms with Crippen LogP contribution in [0.15, 0.2) is 18.5 Å². The van der Waals surface area contributed by atoms with E-state index < -0.39 is 0 Å². The number of urea groups is 1. The summed E-state index contributed by atoms with van der Waals surface area (Å²) in [7, 11) is 0. The maximum absolute atomic E-state index is 11.6. The van der Waals surface area contributed by atoms with Crippen molar-refractivity contribution in [3.63, 3.8) is 0 Å². The monoisotopic (exact) mass is 222 g/mol. The second kappa shape index (κ2) is 4.80. The molecule has 6 heteroatoms. The number of nitrogens with one attached hydrogen (secondary N) is 2. The van der Waals surface area contributed by atoms with Gasteiger partial charge in [-0.05, 0) is 12.5 Å². The van der Waals surface area contributed by atoms with Crippen molar-refractivity contribution in [2.75, 3.05) is 24.3 Å². The van der Waals surface area contributed by atoms with E-state index >= 15 is 0 Å². The van der Waals surface area contributed by atoms with Crippen LogP contribution in [0.5, 0.6) is 0 Å². The molecule has 0 radical (unpaired) electrons. The molecule has 86 valence electrons. The summed E-state index contributed by atoms with van der Waals surface area (Å²) in [5, 5.41) is 5.47. The Kier molecular flexibility index (Phi) is 3.21. The van der Waals surface area contributed by atoms with Gasteiger partial charge in [0.15, 0.2) is 0 Å². The Morgan fingerprint density at radius 2 is 2.50 bits per heavy atom. The Bertz CT molecular complexity index is 377. The molecule has 0 aliphatic carbocycles. The lowest BCUT2D eigenvalue weighted by molar-refractivity contribution is 0.189. The predicted octanol–water partition coefficient (Wildman–Crippen LogP) is 0.574. The molecule has 4 N–H and O–H groups in total. The zero-order valence-electron chi connectivity index (χ0n) is 8.77. The molecule has 1 saturated heterocycles. The van der Waals surface area contributed by atoms with E-state index in [4.69, 9.17) is 10.5 Å². The van der Waals surface area contributed by atoms with Crippen molar-refractivity contribution in [3.05, 3.63) is 18.5 Å². The van der Waals surface area contributed by atoms with Crippen LogP contribution in [-0.4, -0.2) is 30.3 Å². The van der Waals surface area contributed by atoms with Gasteiger partial charge in [0.2, 0.25) is 0 Å². The lowest BCUT2D eigenvalue weighted by Gasteiger charge is -2.12. The number of nitrogens with zero attached hydrogens (tertiary/aromatic N) is 1. The molecule has 0 aromatic carbocycles. The fourth-order valence-corrected chi connectivity index (χ4v) is 1.51. The molecule has 1 aromatic heterocycles. The fourth-order valence-electron chi connectivity index (χ4n) is 1.51. The standard InChI is InChI=1S/C10H14N4O2/c11-8-5-12-3-1-9(8)14-10(15)13-7-2-4-16-6-7/h1,3,5,7H,2,4,6,11H2,(H2,12,13,14,15). The highest BCUT2D eigenvalue weighted by atomic mass is 16.5. The number of anilines is 2. The minimum Gasteiger partial charge on any atom is -0.396 e. The van der Waals surface area contributed by atoms with Crippen LogP contribution in [0.4, 0.5) is 16.2 Å². The van der Waals surface area contributed by atoms with Gasteiger partial charge in [-0.25, -0.2) is 4.79 Å². The van der Waals surface area contributed by atoms with Gasteiger partial charge in [0, 0.05) is 12.8 Å². The largest absolute Gasteiger partial charge is 0.396 e. The van der Waals surface area contributed by atoms with Gasteiger partial charge in [-0.15, -0.1) is 0 Å². The minimum atomic E-state index is -0.270. The Labute approximate surface area is 93.2 Å². The summed E-state index contributed by atoms with van der Waals surface area (Å²) in [4.78, 5) is 15.4. The van der Waals surface area contributed by atoms with Crippen molar-refractivity contribution < 1.29 is 9.53 Å². The highest BCUT2D eigenvalue weighted by Gasteiger charge is 2.17. The van der Waals surface area contributed by atoms with Crippen LogP contribution in [0.2, 0.25) is 0 Å². The zero-order valence-corrected chi connectivity index (χ0v) is 8.77. The molecule has 2 heterocycles. The van der Waals surface area contributed by atoms with Gasteiger partial charge in [-0.2, -0.15) is 0 Å². The number of hydrogen-bond donors (Lipinski definition) is 3. The highest BCUT2D eigenvalue weighted by molar-refractivity contribution is 5.92. The Hall–Kier alpha value is -1.82. The second-order valence-electron chi connectivity index (χ2n) is 3.62. The maximum atomic E-state index is 11.6. The zero-order chi connectivity index (χ0) is 11.4. The van der Waals surface area contributed by atoms with Gasteiger partial charge in [0.1, 0.15) is 0 Å². The first kappa shape index (κ1) is 10.7. The van der Waals surface area contributed by atoms with Gasteiger partial charge in [0.25, 0.3) is 0 Å². The number of nitrogens with two attached hydrogens (primary N) is 1. The summed E-state index contributed by atoms with van der Waals surface area (Å²) < 4.78 is 5.15. The van der Waals surface area contributed by atoms with E-state index in [-0.39, 0.29) is 12.1 Å². The molecule has 1 aliphatic heterocycles. The van der Waals surface area contributed by atoms with Crippen molar-refractivity contribution in [1.82, 2.24) is 10.3 Å². The maximum Gasteiger partial charge on any atom is 0.319 e. The molecule has 2 amide bonds. The van der Waals surface area contributed by atoms with E-state index in [1.807, 2.05) is 0 Å². The van der Waals surface area contributed by atoms with Crippen molar-refractivity contribution >= 4 is 17.4 Å².